The van der Waals surface area contributed by atoms with Crippen LogP contribution in [0.3, 0.4) is 0 Å². The maximum absolute atomic E-state index is 10.9. The summed E-state index contributed by atoms with van der Waals surface area (Å²) >= 11 is 0. The number of nitrogens with zero attached hydrogens (tertiary/aromatic N) is 3. The molecule has 0 bridgehead atoms. The van der Waals surface area contributed by atoms with Gasteiger partial charge in [0.15, 0.2) is 0 Å². The predicted molar refractivity (Wildman–Crippen MR) is 83.8 cm³/mol. The summed E-state index contributed by atoms with van der Waals surface area (Å²) in [5.74, 6) is 0. The standard InChI is InChI=1S/C14H14N4O4/c1-16(2)12-6-3-10(4-7-12)15-11-5-8-13(17(19)20)14(9-11)18(21)22/h3-9,15H,1-2H3. The van der Waals surface area contributed by atoms with Crippen LogP contribution in [0.2, 0.25) is 0 Å². The van der Waals surface area contributed by atoms with Crippen molar-refractivity contribution < 1.29 is 9.85 Å². The summed E-state index contributed by atoms with van der Waals surface area (Å²) in [6, 6.07) is 11.1. The van der Waals surface area contributed by atoms with Crippen molar-refractivity contribution in [2.75, 3.05) is 24.3 Å². The molecule has 0 fully saturated rings. The van der Waals surface area contributed by atoms with Crippen molar-refractivity contribution in [1.29, 1.82) is 0 Å². The van der Waals surface area contributed by atoms with Crippen LogP contribution in [-0.4, -0.2) is 23.9 Å². The van der Waals surface area contributed by atoms with Crippen LogP contribution < -0.4 is 10.2 Å². The fraction of sp³-hybridized carbons (Fsp3) is 0.143. The summed E-state index contributed by atoms with van der Waals surface area (Å²) in [5, 5.41) is 24.7. The van der Waals surface area contributed by atoms with E-state index in [1.54, 1.807) is 0 Å². The van der Waals surface area contributed by atoms with Crippen molar-refractivity contribution in [3.05, 3.63) is 62.7 Å². The molecule has 2 aromatic carbocycles. The van der Waals surface area contributed by atoms with E-state index in [9.17, 15) is 20.2 Å². The van der Waals surface area contributed by atoms with Crippen LogP contribution >= 0.6 is 0 Å². The Morgan fingerprint density at radius 1 is 0.864 bits per heavy atom. The predicted octanol–water partition coefficient (Wildman–Crippen LogP) is 3.31. The van der Waals surface area contributed by atoms with E-state index < -0.39 is 21.2 Å². The van der Waals surface area contributed by atoms with E-state index in [-0.39, 0.29) is 0 Å². The monoisotopic (exact) mass is 302 g/mol. The van der Waals surface area contributed by atoms with Crippen molar-refractivity contribution in [1.82, 2.24) is 0 Å². The summed E-state index contributed by atoms with van der Waals surface area (Å²) in [6.07, 6.45) is 0. The molecule has 2 rings (SSSR count). The summed E-state index contributed by atoms with van der Waals surface area (Å²) in [5.41, 5.74) is 1.09. The second-order valence-corrected chi connectivity index (χ2v) is 4.78. The van der Waals surface area contributed by atoms with Gasteiger partial charge < -0.3 is 10.2 Å². The maximum Gasteiger partial charge on any atom is 0.348 e. The Morgan fingerprint density at radius 3 is 1.91 bits per heavy atom. The molecule has 0 heterocycles. The van der Waals surface area contributed by atoms with Gasteiger partial charge in [0.25, 0.3) is 0 Å². The van der Waals surface area contributed by atoms with Gasteiger partial charge in [0.1, 0.15) is 0 Å². The van der Waals surface area contributed by atoms with Gasteiger partial charge in [0.2, 0.25) is 0 Å². The van der Waals surface area contributed by atoms with E-state index >= 15 is 0 Å². The molecule has 114 valence electrons. The smallest absolute Gasteiger partial charge is 0.348 e. The molecule has 0 aromatic heterocycles. The molecule has 1 N–H and O–H groups in total. The number of anilines is 3. The maximum atomic E-state index is 10.9. The van der Waals surface area contributed by atoms with Gasteiger partial charge in [-0.25, -0.2) is 0 Å². The Kier molecular flexibility index (Phi) is 4.21. The van der Waals surface area contributed by atoms with Crippen molar-refractivity contribution in [2.45, 2.75) is 0 Å². The Bertz CT molecular complexity index is 713. The highest BCUT2D eigenvalue weighted by Crippen LogP contribution is 2.31. The number of hydrogen-bond donors (Lipinski definition) is 1. The van der Waals surface area contributed by atoms with Gasteiger partial charge in [0, 0.05) is 43.3 Å². The quantitative estimate of drug-likeness (QED) is 0.671. The van der Waals surface area contributed by atoms with Gasteiger partial charge in [-0.1, -0.05) is 0 Å². The molecule has 0 saturated heterocycles. The third-order valence-corrected chi connectivity index (χ3v) is 3.04. The number of nitro groups is 2. The van der Waals surface area contributed by atoms with E-state index in [1.165, 1.54) is 6.07 Å². The first-order chi connectivity index (χ1) is 10.4. The van der Waals surface area contributed by atoms with Crippen LogP contribution in [0, 0.1) is 20.2 Å². The lowest BCUT2D eigenvalue weighted by molar-refractivity contribution is -0.422. The number of benzene rings is 2. The lowest BCUT2D eigenvalue weighted by Gasteiger charge is -2.13. The molecule has 0 aliphatic heterocycles. The average Bonchev–Trinajstić information content (AvgIpc) is 2.47. The van der Waals surface area contributed by atoms with Gasteiger partial charge >= 0.3 is 11.4 Å². The zero-order chi connectivity index (χ0) is 16.3. The van der Waals surface area contributed by atoms with Crippen LogP contribution in [0.25, 0.3) is 0 Å². The summed E-state index contributed by atoms with van der Waals surface area (Å²) in [6.45, 7) is 0. The van der Waals surface area contributed by atoms with Gasteiger partial charge in [-0.05, 0) is 30.3 Å². The molecule has 0 spiro atoms. The van der Waals surface area contributed by atoms with E-state index in [0.717, 1.165) is 23.5 Å². The van der Waals surface area contributed by atoms with Crippen molar-refractivity contribution in [2.24, 2.45) is 0 Å². The lowest BCUT2D eigenvalue weighted by Crippen LogP contribution is -2.08. The summed E-state index contributed by atoms with van der Waals surface area (Å²) < 4.78 is 0. The summed E-state index contributed by atoms with van der Waals surface area (Å²) in [7, 11) is 3.84. The molecule has 2 aromatic rings. The molecule has 8 nitrogen and oxygen atoms in total. The lowest BCUT2D eigenvalue weighted by atomic mass is 10.2. The number of hydrogen-bond acceptors (Lipinski definition) is 6. The molecule has 0 atom stereocenters. The van der Waals surface area contributed by atoms with Crippen LogP contribution in [0.5, 0.6) is 0 Å². The number of nitro benzene ring substituents is 2. The zero-order valence-corrected chi connectivity index (χ0v) is 12.0. The third kappa shape index (κ3) is 3.29. The van der Waals surface area contributed by atoms with Gasteiger partial charge in [-0.3, -0.25) is 20.2 Å². The highest BCUT2D eigenvalue weighted by molar-refractivity contribution is 5.68. The molecule has 0 radical (unpaired) electrons. The highest BCUT2D eigenvalue weighted by atomic mass is 16.6. The topological polar surface area (TPSA) is 102 Å². The molecule has 0 unspecified atom stereocenters. The molecule has 0 saturated carbocycles. The minimum Gasteiger partial charge on any atom is -0.378 e. The zero-order valence-electron chi connectivity index (χ0n) is 12.0. The Labute approximate surface area is 126 Å². The van der Waals surface area contributed by atoms with Crippen molar-refractivity contribution in [3.63, 3.8) is 0 Å². The molecule has 0 aliphatic rings. The molecular formula is C14H14N4O4. The Balaban J connectivity index is 2.28. The Hall–Kier alpha value is -3.16. The molecule has 0 amide bonds. The molecular weight excluding hydrogens is 288 g/mol. The average molecular weight is 302 g/mol. The molecule has 0 aliphatic carbocycles. The number of rotatable bonds is 5. The van der Waals surface area contributed by atoms with Crippen molar-refractivity contribution >= 4 is 28.4 Å². The van der Waals surface area contributed by atoms with Crippen LogP contribution in [0.15, 0.2) is 42.5 Å². The van der Waals surface area contributed by atoms with Gasteiger partial charge in [-0.15, -0.1) is 0 Å². The minimum absolute atomic E-state index is 0.412. The van der Waals surface area contributed by atoms with Gasteiger partial charge in [0.05, 0.1) is 9.85 Å². The summed E-state index contributed by atoms with van der Waals surface area (Å²) in [4.78, 5) is 22.1. The van der Waals surface area contributed by atoms with E-state index in [1.807, 2.05) is 43.3 Å². The van der Waals surface area contributed by atoms with Gasteiger partial charge in [-0.2, -0.15) is 0 Å². The SMILES string of the molecule is CN(C)c1ccc(Nc2ccc([N+](=O)[O-])c([N+](=O)[O-])c2)cc1. The van der Waals surface area contributed by atoms with Crippen LogP contribution in [-0.2, 0) is 0 Å². The van der Waals surface area contributed by atoms with E-state index in [2.05, 4.69) is 5.32 Å². The fourth-order valence-corrected chi connectivity index (χ4v) is 1.91. The first-order valence-electron chi connectivity index (χ1n) is 6.35. The normalized spacial score (nSPS) is 10.1. The van der Waals surface area contributed by atoms with Crippen molar-refractivity contribution in [3.8, 4) is 0 Å². The highest BCUT2D eigenvalue weighted by Gasteiger charge is 2.24. The van der Waals surface area contributed by atoms with E-state index in [4.69, 9.17) is 0 Å². The first-order valence-corrected chi connectivity index (χ1v) is 6.35. The molecule has 8 heteroatoms. The first kappa shape index (κ1) is 15.2. The largest absolute Gasteiger partial charge is 0.378 e. The third-order valence-electron chi connectivity index (χ3n) is 3.04. The second-order valence-electron chi connectivity index (χ2n) is 4.78. The van der Waals surface area contributed by atoms with E-state index in [0.29, 0.717) is 5.69 Å². The fourth-order valence-electron chi connectivity index (χ4n) is 1.91. The number of nitrogens with one attached hydrogen (secondary N) is 1. The second kappa shape index (κ2) is 6.08. The van der Waals surface area contributed by atoms with Crippen LogP contribution in [0.1, 0.15) is 0 Å². The molecule has 22 heavy (non-hydrogen) atoms. The minimum atomic E-state index is -0.770. The van der Waals surface area contributed by atoms with Crippen LogP contribution in [0.4, 0.5) is 28.4 Å². The Morgan fingerprint density at radius 2 is 1.41 bits per heavy atom.